The first-order chi connectivity index (χ1) is 10.1. The van der Waals surface area contributed by atoms with Gasteiger partial charge in [-0.1, -0.05) is 11.6 Å². The molecule has 2 aliphatic rings. The Kier molecular flexibility index (Phi) is 3.89. The van der Waals surface area contributed by atoms with Gasteiger partial charge >= 0.3 is 0 Å². The number of morpholine rings is 1. The predicted molar refractivity (Wildman–Crippen MR) is 81.1 cm³/mol. The number of nitrogens with zero attached hydrogens (tertiary/aromatic N) is 1. The van der Waals surface area contributed by atoms with Crippen LogP contribution in [-0.4, -0.2) is 48.3 Å². The molecule has 1 aromatic carbocycles. The van der Waals surface area contributed by atoms with Crippen molar-refractivity contribution in [2.24, 2.45) is 0 Å². The zero-order valence-electron chi connectivity index (χ0n) is 11.7. The van der Waals surface area contributed by atoms with E-state index in [4.69, 9.17) is 16.3 Å². The first-order valence-electron chi connectivity index (χ1n) is 6.90. The average molecular weight is 309 g/mol. The molecule has 112 valence electrons. The number of hydrogen-bond acceptors (Lipinski definition) is 5. The van der Waals surface area contributed by atoms with Crippen molar-refractivity contribution in [2.45, 2.75) is 13.2 Å². The molecule has 6 heteroatoms. The molecule has 1 aromatic rings. The van der Waals surface area contributed by atoms with Gasteiger partial charge in [-0.3, -0.25) is 4.79 Å². The monoisotopic (exact) mass is 308 g/mol. The normalized spacial score (nSPS) is 21.9. The van der Waals surface area contributed by atoms with Crippen molar-refractivity contribution in [1.29, 1.82) is 0 Å². The lowest BCUT2D eigenvalue weighted by molar-refractivity contribution is -0.114. The van der Waals surface area contributed by atoms with Crippen molar-refractivity contribution in [3.8, 4) is 0 Å². The second-order valence-corrected chi connectivity index (χ2v) is 5.59. The number of ether oxygens (including phenoxy) is 1. The van der Waals surface area contributed by atoms with E-state index in [-0.39, 0.29) is 5.78 Å². The molecular weight excluding hydrogens is 292 g/mol. The van der Waals surface area contributed by atoms with Crippen molar-refractivity contribution in [1.82, 2.24) is 4.90 Å². The summed E-state index contributed by atoms with van der Waals surface area (Å²) in [6, 6.07) is 5.40. The maximum Gasteiger partial charge on any atom is 0.162 e. The van der Waals surface area contributed by atoms with Gasteiger partial charge in [-0.15, -0.1) is 0 Å². The van der Waals surface area contributed by atoms with E-state index in [1.54, 1.807) is 6.07 Å². The van der Waals surface area contributed by atoms with Crippen molar-refractivity contribution in [3.05, 3.63) is 34.4 Å². The van der Waals surface area contributed by atoms with Gasteiger partial charge in [0.05, 0.1) is 24.5 Å². The van der Waals surface area contributed by atoms with Crippen LogP contribution in [0.25, 0.3) is 5.70 Å². The van der Waals surface area contributed by atoms with Crippen molar-refractivity contribution in [3.63, 3.8) is 0 Å². The Hall–Kier alpha value is -1.56. The van der Waals surface area contributed by atoms with E-state index < -0.39 is 6.23 Å². The fourth-order valence-electron chi connectivity index (χ4n) is 2.82. The Labute approximate surface area is 128 Å². The van der Waals surface area contributed by atoms with Gasteiger partial charge in [0.2, 0.25) is 0 Å². The minimum absolute atomic E-state index is 0.151. The molecule has 1 fully saturated rings. The van der Waals surface area contributed by atoms with Gasteiger partial charge in [0.25, 0.3) is 0 Å². The number of hydrogen-bond donors (Lipinski definition) is 2. The van der Waals surface area contributed by atoms with Crippen LogP contribution < -0.4 is 5.32 Å². The van der Waals surface area contributed by atoms with Gasteiger partial charge in [0, 0.05) is 29.4 Å². The zero-order chi connectivity index (χ0) is 15.0. The highest BCUT2D eigenvalue weighted by molar-refractivity contribution is 6.31. The average Bonchev–Trinajstić information content (AvgIpc) is 2.47. The molecule has 1 saturated heterocycles. The van der Waals surface area contributed by atoms with Crippen LogP contribution in [0.4, 0.5) is 5.69 Å². The molecule has 0 spiro atoms. The number of benzene rings is 1. The quantitative estimate of drug-likeness (QED) is 0.871. The third-order valence-electron chi connectivity index (χ3n) is 3.76. The summed E-state index contributed by atoms with van der Waals surface area (Å²) in [6.45, 7) is 4.05. The van der Waals surface area contributed by atoms with E-state index in [2.05, 4.69) is 10.2 Å². The predicted octanol–water partition coefficient (Wildman–Crippen LogP) is 1.72. The van der Waals surface area contributed by atoms with Crippen molar-refractivity contribution >= 4 is 28.8 Å². The standard InChI is InChI=1S/C15H17ClN2O3/c1-9(19)13-14(18-4-6-21-7-5-18)11-8-10(16)2-3-12(11)17-15(13)20/h2-3,8,15,17,20H,4-7H2,1H3. The summed E-state index contributed by atoms with van der Waals surface area (Å²) >= 11 is 6.10. The Morgan fingerprint density at radius 1 is 1.43 bits per heavy atom. The van der Waals surface area contributed by atoms with Crippen LogP contribution in [0.3, 0.4) is 0 Å². The number of nitrogens with one attached hydrogen (secondary N) is 1. The van der Waals surface area contributed by atoms with Gasteiger partial charge in [-0.05, 0) is 25.1 Å². The molecule has 21 heavy (non-hydrogen) atoms. The lowest BCUT2D eigenvalue weighted by atomic mass is 9.95. The zero-order valence-corrected chi connectivity index (χ0v) is 12.5. The number of Topliss-reactive ketones (excluding diaryl/α,β-unsaturated/α-hetero) is 1. The summed E-state index contributed by atoms with van der Waals surface area (Å²) < 4.78 is 5.37. The number of rotatable bonds is 2. The van der Waals surface area contributed by atoms with Crippen LogP contribution in [0.15, 0.2) is 23.8 Å². The number of ketones is 1. The van der Waals surface area contributed by atoms with E-state index in [0.717, 1.165) is 16.9 Å². The highest BCUT2D eigenvalue weighted by Gasteiger charge is 2.32. The second-order valence-electron chi connectivity index (χ2n) is 5.15. The maximum absolute atomic E-state index is 12.0. The molecule has 2 aliphatic heterocycles. The van der Waals surface area contributed by atoms with Gasteiger partial charge in [-0.25, -0.2) is 0 Å². The topological polar surface area (TPSA) is 61.8 Å². The number of halogens is 1. The molecule has 0 bridgehead atoms. The molecule has 2 heterocycles. The summed E-state index contributed by atoms with van der Waals surface area (Å²) in [5.74, 6) is -0.151. The third-order valence-corrected chi connectivity index (χ3v) is 4.00. The Morgan fingerprint density at radius 3 is 2.81 bits per heavy atom. The van der Waals surface area contributed by atoms with Crippen molar-refractivity contribution in [2.75, 3.05) is 31.6 Å². The SMILES string of the molecule is CC(=O)C1=C(N2CCOCC2)c2cc(Cl)ccc2NC1O. The van der Waals surface area contributed by atoms with E-state index in [0.29, 0.717) is 36.9 Å². The molecule has 0 amide bonds. The molecule has 0 aliphatic carbocycles. The molecule has 5 nitrogen and oxygen atoms in total. The molecule has 0 saturated carbocycles. The van der Waals surface area contributed by atoms with Gasteiger partial charge < -0.3 is 20.1 Å². The summed E-state index contributed by atoms with van der Waals surface area (Å²) in [4.78, 5) is 14.1. The second kappa shape index (κ2) is 5.67. The Balaban J connectivity index is 2.17. The number of anilines is 1. The fourth-order valence-corrected chi connectivity index (χ4v) is 2.99. The molecule has 1 unspecified atom stereocenters. The smallest absolute Gasteiger partial charge is 0.162 e. The fraction of sp³-hybridized carbons (Fsp3) is 0.400. The van der Waals surface area contributed by atoms with Crippen molar-refractivity contribution < 1.29 is 14.6 Å². The first kappa shape index (κ1) is 14.4. The van der Waals surface area contributed by atoms with Crippen LogP contribution >= 0.6 is 11.6 Å². The molecule has 0 radical (unpaired) electrons. The number of fused-ring (bicyclic) bond motifs is 1. The van der Waals surface area contributed by atoms with Crippen LogP contribution in [0.5, 0.6) is 0 Å². The molecule has 1 atom stereocenters. The van der Waals surface area contributed by atoms with E-state index in [1.165, 1.54) is 6.92 Å². The minimum Gasteiger partial charge on any atom is -0.378 e. The highest BCUT2D eigenvalue weighted by atomic mass is 35.5. The van der Waals surface area contributed by atoms with Crippen LogP contribution in [0.1, 0.15) is 12.5 Å². The maximum atomic E-state index is 12.0. The minimum atomic E-state index is -1.01. The lowest BCUT2D eigenvalue weighted by Gasteiger charge is -2.37. The molecule has 3 rings (SSSR count). The number of aliphatic hydroxyl groups is 1. The number of carbonyl (C=O) groups is 1. The van der Waals surface area contributed by atoms with Gasteiger partial charge in [0.1, 0.15) is 0 Å². The summed E-state index contributed by atoms with van der Waals surface area (Å²) in [6.07, 6.45) is -1.01. The van der Waals surface area contributed by atoms with Crippen LogP contribution in [0, 0.1) is 0 Å². The van der Waals surface area contributed by atoms with Gasteiger partial charge in [-0.2, -0.15) is 0 Å². The van der Waals surface area contributed by atoms with E-state index in [1.807, 2.05) is 12.1 Å². The Morgan fingerprint density at radius 2 is 2.14 bits per heavy atom. The summed E-state index contributed by atoms with van der Waals surface area (Å²) in [5.41, 5.74) is 2.76. The lowest BCUT2D eigenvalue weighted by Crippen LogP contribution is -2.40. The third kappa shape index (κ3) is 2.64. The summed E-state index contributed by atoms with van der Waals surface area (Å²) in [5, 5.41) is 13.8. The van der Waals surface area contributed by atoms with Crippen LogP contribution in [-0.2, 0) is 9.53 Å². The first-order valence-corrected chi connectivity index (χ1v) is 7.28. The number of carbonyl (C=O) groups excluding carboxylic acids is 1. The van der Waals surface area contributed by atoms with E-state index >= 15 is 0 Å². The van der Waals surface area contributed by atoms with Gasteiger partial charge in [0.15, 0.2) is 12.0 Å². The molecule has 2 N–H and O–H groups in total. The van der Waals surface area contributed by atoms with E-state index in [9.17, 15) is 9.90 Å². The Bertz CT molecular complexity index is 609. The summed E-state index contributed by atoms with van der Waals surface area (Å²) in [7, 11) is 0. The van der Waals surface area contributed by atoms with Crippen LogP contribution in [0.2, 0.25) is 5.02 Å². The highest BCUT2D eigenvalue weighted by Crippen LogP contribution is 2.37. The number of aliphatic hydroxyl groups excluding tert-OH is 1. The molecular formula is C15H17ClN2O3. The largest absolute Gasteiger partial charge is 0.378 e. The molecule has 0 aromatic heterocycles.